The highest BCUT2D eigenvalue weighted by molar-refractivity contribution is 6.19. The zero-order valence-corrected chi connectivity index (χ0v) is 26.2. The second-order valence-corrected chi connectivity index (χ2v) is 12.2. The molecule has 228 valence electrons. The highest BCUT2D eigenvalue weighted by Gasteiger charge is 2.21. The minimum atomic E-state index is 0.602. The molecule has 10 rings (SSSR count). The monoisotopic (exact) mass is 626 g/mol. The van der Waals surface area contributed by atoms with Crippen LogP contribution in [0.1, 0.15) is 0 Å². The van der Waals surface area contributed by atoms with Crippen molar-refractivity contribution in [2.24, 2.45) is 0 Å². The van der Waals surface area contributed by atoms with Crippen LogP contribution in [0.25, 0.3) is 99.7 Å². The van der Waals surface area contributed by atoms with E-state index < -0.39 is 0 Å². The fourth-order valence-electron chi connectivity index (χ4n) is 7.12. The number of benzene rings is 7. The Balaban J connectivity index is 1.25. The molecule has 0 aliphatic heterocycles. The van der Waals surface area contributed by atoms with Crippen molar-refractivity contribution in [1.82, 2.24) is 19.9 Å². The second kappa shape index (κ2) is 10.9. The van der Waals surface area contributed by atoms with Crippen molar-refractivity contribution in [3.05, 3.63) is 158 Å². The number of para-hydroxylation sites is 1. The molecule has 0 fully saturated rings. The first-order chi connectivity index (χ1) is 24.3. The molecule has 0 N–H and O–H groups in total. The first-order valence-electron chi connectivity index (χ1n) is 16.3. The summed E-state index contributed by atoms with van der Waals surface area (Å²) in [6.45, 7) is 0. The largest absolute Gasteiger partial charge is 0.455 e. The number of furan rings is 1. The Morgan fingerprint density at radius 1 is 0.408 bits per heavy atom. The van der Waals surface area contributed by atoms with Gasteiger partial charge in [-0.25, -0.2) is 15.0 Å². The van der Waals surface area contributed by atoms with Crippen LogP contribution in [0.4, 0.5) is 0 Å². The molecule has 0 saturated carbocycles. The van der Waals surface area contributed by atoms with Crippen molar-refractivity contribution < 1.29 is 4.42 Å². The molecule has 7 aromatic carbocycles. The van der Waals surface area contributed by atoms with Gasteiger partial charge in [0.15, 0.2) is 17.5 Å². The Hall–Kier alpha value is -6.72. The van der Waals surface area contributed by atoms with Gasteiger partial charge in [0.1, 0.15) is 11.2 Å². The van der Waals surface area contributed by atoms with Gasteiger partial charge in [-0.15, -0.1) is 0 Å². The van der Waals surface area contributed by atoms with Crippen molar-refractivity contribution in [1.29, 1.82) is 0 Å². The van der Waals surface area contributed by atoms with Gasteiger partial charge in [-0.1, -0.05) is 127 Å². The molecule has 10 aromatic rings. The van der Waals surface area contributed by atoms with Gasteiger partial charge in [0.05, 0.1) is 5.52 Å². The van der Waals surface area contributed by atoms with Gasteiger partial charge in [0.25, 0.3) is 0 Å². The summed E-state index contributed by atoms with van der Waals surface area (Å²) in [7, 11) is 0. The van der Waals surface area contributed by atoms with Crippen LogP contribution in [0, 0.1) is 0 Å². The first kappa shape index (κ1) is 27.4. The van der Waals surface area contributed by atoms with E-state index in [1.807, 2.05) is 72.9 Å². The number of fused-ring (bicyclic) bond motifs is 8. The molecule has 0 atom stereocenters. The fourth-order valence-corrected chi connectivity index (χ4v) is 7.12. The lowest BCUT2D eigenvalue weighted by molar-refractivity contribution is 0.672. The Labute approximate surface area is 281 Å². The molecule has 0 amide bonds. The average molecular weight is 627 g/mol. The van der Waals surface area contributed by atoms with Gasteiger partial charge in [-0.3, -0.25) is 4.98 Å². The number of hydrogen-bond donors (Lipinski definition) is 0. The van der Waals surface area contributed by atoms with Crippen molar-refractivity contribution in [2.75, 3.05) is 0 Å². The molecule has 49 heavy (non-hydrogen) atoms. The molecule has 0 saturated heterocycles. The maximum atomic E-state index is 6.52. The Morgan fingerprint density at radius 3 is 1.90 bits per heavy atom. The molecule has 0 radical (unpaired) electrons. The van der Waals surface area contributed by atoms with Crippen LogP contribution in [0.15, 0.2) is 162 Å². The zero-order valence-electron chi connectivity index (χ0n) is 26.2. The number of pyridine rings is 1. The van der Waals surface area contributed by atoms with Crippen LogP contribution in [-0.2, 0) is 0 Å². The van der Waals surface area contributed by atoms with E-state index in [0.717, 1.165) is 71.4 Å². The number of nitrogens with zero attached hydrogens (tertiary/aromatic N) is 4. The molecule has 3 aromatic heterocycles. The molecule has 0 bridgehead atoms. The van der Waals surface area contributed by atoms with Crippen molar-refractivity contribution in [2.45, 2.75) is 0 Å². The third kappa shape index (κ3) is 4.40. The van der Waals surface area contributed by atoms with Gasteiger partial charge in [-0.2, -0.15) is 0 Å². The summed E-state index contributed by atoms with van der Waals surface area (Å²) in [6, 6.07) is 51.9. The quantitative estimate of drug-likeness (QED) is 0.182. The van der Waals surface area contributed by atoms with Gasteiger partial charge in [-0.05, 0) is 56.9 Å². The SMILES string of the molecule is c1ccc(-c2nc(-c3ccccc3-c3cccc4oc5c6ccccc6ncc5c34)nc(-c3cc4ccccc4c4ccccc34)n2)cc1. The van der Waals surface area contributed by atoms with E-state index >= 15 is 0 Å². The third-order valence-electron chi connectivity index (χ3n) is 9.37. The van der Waals surface area contributed by atoms with Crippen LogP contribution in [-0.4, -0.2) is 19.9 Å². The van der Waals surface area contributed by atoms with Crippen LogP contribution in [0.2, 0.25) is 0 Å². The molecule has 0 aliphatic carbocycles. The van der Waals surface area contributed by atoms with Crippen molar-refractivity contribution in [3.8, 4) is 45.3 Å². The second-order valence-electron chi connectivity index (χ2n) is 12.2. The summed E-state index contributed by atoms with van der Waals surface area (Å²) in [4.78, 5) is 20.3. The lowest BCUT2D eigenvalue weighted by Gasteiger charge is -2.14. The Morgan fingerprint density at radius 2 is 1.04 bits per heavy atom. The molecule has 0 aliphatic rings. The van der Waals surface area contributed by atoms with Gasteiger partial charge < -0.3 is 4.42 Å². The Kier molecular flexibility index (Phi) is 6.11. The minimum Gasteiger partial charge on any atom is -0.455 e. The van der Waals surface area contributed by atoms with Gasteiger partial charge in [0.2, 0.25) is 0 Å². The number of aromatic nitrogens is 4. The fraction of sp³-hybridized carbons (Fsp3) is 0. The molecule has 3 heterocycles. The smallest absolute Gasteiger partial charge is 0.164 e. The summed E-state index contributed by atoms with van der Waals surface area (Å²) in [6.07, 6.45) is 1.93. The summed E-state index contributed by atoms with van der Waals surface area (Å²) in [5, 5.41) is 7.59. The van der Waals surface area contributed by atoms with E-state index in [4.69, 9.17) is 24.4 Å². The van der Waals surface area contributed by atoms with Crippen LogP contribution in [0.3, 0.4) is 0 Å². The molecule has 0 unspecified atom stereocenters. The minimum absolute atomic E-state index is 0.602. The molecular weight excluding hydrogens is 601 g/mol. The van der Waals surface area contributed by atoms with E-state index in [1.54, 1.807) is 0 Å². The third-order valence-corrected chi connectivity index (χ3v) is 9.37. The van der Waals surface area contributed by atoms with E-state index in [2.05, 4.69) is 84.9 Å². The summed E-state index contributed by atoms with van der Waals surface area (Å²) < 4.78 is 6.52. The van der Waals surface area contributed by atoms with Crippen LogP contribution < -0.4 is 0 Å². The lowest BCUT2D eigenvalue weighted by atomic mass is 9.94. The summed E-state index contributed by atoms with van der Waals surface area (Å²) >= 11 is 0. The van der Waals surface area contributed by atoms with Gasteiger partial charge in [0, 0.05) is 39.0 Å². The predicted octanol–water partition coefficient (Wildman–Crippen LogP) is 11.3. The highest BCUT2D eigenvalue weighted by atomic mass is 16.3. The zero-order chi connectivity index (χ0) is 32.3. The number of hydrogen-bond acceptors (Lipinski definition) is 5. The maximum absolute atomic E-state index is 6.52. The molecular formula is C44H26N4O. The van der Waals surface area contributed by atoms with Gasteiger partial charge >= 0.3 is 0 Å². The van der Waals surface area contributed by atoms with E-state index in [9.17, 15) is 0 Å². The van der Waals surface area contributed by atoms with Crippen molar-refractivity contribution >= 4 is 54.4 Å². The predicted molar refractivity (Wildman–Crippen MR) is 199 cm³/mol. The van der Waals surface area contributed by atoms with E-state index in [1.165, 1.54) is 10.8 Å². The summed E-state index contributed by atoms with van der Waals surface area (Å²) in [5.74, 6) is 1.85. The molecule has 5 heteroatoms. The maximum Gasteiger partial charge on any atom is 0.164 e. The standard InChI is InChI=1S/C44H26N4O/c1-2-13-27(14-3-1)42-46-43(48-44(47-42)36-25-28-15-4-5-16-29(28)30-17-6-7-18-31(30)36)34-20-9-8-19-32(34)33-22-12-24-39-40(33)37-26-45-38-23-11-10-21-35(38)41(37)49-39/h1-26H. The molecule has 0 spiro atoms. The van der Waals surface area contributed by atoms with Crippen molar-refractivity contribution in [3.63, 3.8) is 0 Å². The topological polar surface area (TPSA) is 64.7 Å². The van der Waals surface area contributed by atoms with Crippen LogP contribution >= 0.6 is 0 Å². The van der Waals surface area contributed by atoms with E-state index in [0.29, 0.717) is 17.5 Å². The highest BCUT2D eigenvalue weighted by Crippen LogP contribution is 2.42. The van der Waals surface area contributed by atoms with E-state index in [-0.39, 0.29) is 0 Å². The average Bonchev–Trinajstić information content (AvgIpc) is 3.57. The lowest BCUT2D eigenvalue weighted by Crippen LogP contribution is -2.01. The number of rotatable bonds is 4. The molecule has 5 nitrogen and oxygen atoms in total. The van der Waals surface area contributed by atoms with Crippen LogP contribution in [0.5, 0.6) is 0 Å². The summed E-state index contributed by atoms with van der Waals surface area (Å²) in [5.41, 5.74) is 7.38. The Bertz CT molecular complexity index is 2890. The normalized spacial score (nSPS) is 11.7. The first-order valence-corrected chi connectivity index (χ1v) is 16.3.